The van der Waals surface area contributed by atoms with Crippen molar-refractivity contribution >= 4 is 0 Å². The highest BCUT2D eigenvalue weighted by molar-refractivity contribution is 4.97. The molecule has 13 heavy (non-hydrogen) atoms. The van der Waals surface area contributed by atoms with Gasteiger partial charge in [-0.25, -0.2) is 4.39 Å². The Hall–Kier alpha value is -0.150. The van der Waals surface area contributed by atoms with Gasteiger partial charge in [0.25, 0.3) is 0 Å². The molecule has 2 rings (SSSR count). The Morgan fingerprint density at radius 3 is 2.69 bits per heavy atom. The zero-order valence-electron chi connectivity index (χ0n) is 8.42. The highest BCUT2D eigenvalue weighted by atomic mass is 19.1. The fourth-order valence-electron chi connectivity index (χ4n) is 1.99. The molecule has 0 N–H and O–H groups in total. The number of hydrogen-bond donors (Lipinski definition) is 0. The van der Waals surface area contributed by atoms with Crippen molar-refractivity contribution in [3.05, 3.63) is 0 Å². The second-order valence-corrected chi connectivity index (χ2v) is 4.72. The predicted molar refractivity (Wildman–Crippen MR) is 49.2 cm³/mol. The van der Waals surface area contributed by atoms with E-state index in [4.69, 9.17) is 4.74 Å². The maximum absolute atomic E-state index is 13.5. The second kappa shape index (κ2) is 3.21. The van der Waals surface area contributed by atoms with Gasteiger partial charge in [0.2, 0.25) is 0 Å². The van der Waals surface area contributed by atoms with E-state index in [0.717, 1.165) is 13.2 Å². The molecule has 0 aromatic heterocycles. The van der Waals surface area contributed by atoms with Crippen LogP contribution < -0.4 is 0 Å². The lowest BCUT2D eigenvalue weighted by Gasteiger charge is -2.29. The molecule has 2 aliphatic rings. The van der Waals surface area contributed by atoms with Gasteiger partial charge in [-0.15, -0.1) is 0 Å². The Balaban J connectivity index is 2.04. The summed E-state index contributed by atoms with van der Waals surface area (Å²) in [7, 11) is 0. The van der Waals surface area contributed by atoms with Gasteiger partial charge >= 0.3 is 0 Å². The molecule has 2 fully saturated rings. The van der Waals surface area contributed by atoms with Crippen LogP contribution in [0, 0.1) is 5.41 Å². The average molecular weight is 187 g/mol. The van der Waals surface area contributed by atoms with Crippen molar-refractivity contribution in [2.24, 2.45) is 5.41 Å². The molecule has 0 bridgehead atoms. The highest BCUT2D eigenvalue weighted by Crippen LogP contribution is 2.48. The summed E-state index contributed by atoms with van der Waals surface area (Å²) in [4.78, 5) is 1.93. The number of alkyl halides is 1. The highest BCUT2D eigenvalue weighted by Gasteiger charge is 2.47. The topological polar surface area (TPSA) is 12.5 Å². The summed E-state index contributed by atoms with van der Waals surface area (Å²) in [5.74, 6) is 0. The molecule has 1 atom stereocenters. The first-order chi connectivity index (χ1) is 6.13. The summed E-state index contributed by atoms with van der Waals surface area (Å²) in [5, 5.41) is 0. The molecule has 76 valence electrons. The average Bonchev–Trinajstić information content (AvgIpc) is 2.82. The monoisotopic (exact) mass is 187 g/mol. The zero-order chi connectivity index (χ0) is 9.47. The van der Waals surface area contributed by atoms with Gasteiger partial charge in [-0.3, -0.25) is 4.90 Å². The first-order valence-corrected chi connectivity index (χ1v) is 5.11. The van der Waals surface area contributed by atoms with Crippen LogP contribution in [0.1, 0.15) is 26.7 Å². The first-order valence-electron chi connectivity index (χ1n) is 5.11. The first kappa shape index (κ1) is 9.41. The van der Waals surface area contributed by atoms with Crippen molar-refractivity contribution in [3.8, 4) is 0 Å². The third kappa shape index (κ3) is 1.86. The maximum Gasteiger partial charge on any atom is 0.177 e. The largest absolute Gasteiger partial charge is 0.376 e. The van der Waals surface area contributed by atoms with Crippen molar-refractivity contribution in [2.75, 3.05) is 19.8 Å². The molecule has 0 aromatic carbocycles. The van der Waals surface area contributed by atoms with Gasteiger partial charge in [0, 0.05) is 18.0 Å². The lowest BCUT2D eigenvalue weighted by Crippen LogP contribution is -2.41. The predicted octanol–water partition coefficient (Wildman–Crippen LogP) is 1.80. The zero-order valence-corrected chi connectivity index (χ0v) is 8.42. The number of rotatable bonds is 1. The van der Waals surface area contributed by atoms with Crippen LogP contribution in [0.2, 0.25) is 0 Å². The van der Waals surface area contributed by atoms with Crippen molar-refractivity contribution < 1.29 is 9.13 Å². The fourth-order valence-corrected chi connectivity index (χ4v) is 1.99. The molecule has 0 aromatic rings. The summed E-state index contributed by atoms with van der Waals surface area (Å²) in [6.07, 6.45) is 1.52. The van der Waals surface area contributed by atoms with Crippen molar-refractivity contribution in [1.82, 2.24) is 4.90 Å². The maximum atomic E-state index is 13.5. The van der Waals surface area contributed by atoms with Crippen molar-refractivity contribution in [3.63, 3.8) is 0 Å². The molecule has 1 heterocycles. The Morgan fingerprint density at radius 1 is 1.46 bits per heavy atom. The minimum atomic E-state index is -0.903. The molecule has 3 heteroatoms. The molecule has 0 radical (unpaired) electrons. The van der Waals surface area contributed by atoms with E-state index in [2.05, 4.69) is 0 Å². The summed E-state index contributed by atoms with van der Waals surface area (Å²) in [6.45, 7) is 5.99. The lowest BCUT2D eigenvalue weighted by molar-refractivity contribution is 0.0112. The minimum Gasteiger partial charge on any atom is -0.376 e. The molecule has 1 aliphatic carbocycles. The van der Waals surface area contributed by atoms with Crippen LogP contribution in [0.5, 0.6) is 0 Å². The van der Waals surface area contributed by atoms with Gasteiger partial charge < -0.3 is 4.74 Å². The van der Waals surface area contributed by atoms with Gasteiger partial charge in [0.15, 0.2) is 6.30 Å². The Labute approximate surface area is 79.1 Å². The quantitative estimate of drug-likeness (QED) is 0.580. The Morgan fingerprint density at radius 2 is 2.15 bits per heavy atom. The normalized spacial score (nSPS) is 33.7. The number of halogens is 1. The molecule has 0 amide bonds. The van der Waals surface area contributed by atoms with E-state index in [-0.39, 0.29) is 12.6 Å². The van der Waals surface area contributed by atoms with Crippen LogP contribution in [-0.4, -0.2) is 37.0 Å². The number of ether oxygens (including phenoxy) is 1. The molecule has 1 saturated heterocycles. The summed E-state index contributed by atoms with van der Waals surface area (Å²) in [6, 6.07) is 0.286. The summed E-state index contributed by atoms with van der Waals surface area (Å²) in [5.41, 5.74) is 0.311. The molecular formula is C10H18FNO. The smallest absolute Gasteiger partial charge is 0.177 e. The van der Waals surface area contributed by atoms with E-state index in [1.807, 2.05) is 18.7 Å². The van der Waals surface area contributed by atoms with E-state index >= 15 is 0 Å². The summed E-state index contributed by atoms with van der Waals surface area (Å²) < 4.78 is 18.9. The van der Waals surface area contributed by atoms with Crippen LogP contribution >= 0.6 is 0 Å². The van der Waals surface area contributed by atoms with E-state index in [1.165, 1.54) is 12.8 Å². The van der Waals surface area contributed by atoms with Gasteiger partial charge in [-0.2, -0.15) is 0 Å². The van der Waals surface area contributed by atoms with Crippen LogP contribution in [0.25, 0.3) is 0 Å². The van der Waals surface area contributed by atoms with Crippen LogP contribution in [0.15, 0.2) is 0 Å². The van der Waals surface area contributed by atoms with E-state index in [0.29, 0.717) is 5.41 Å². The van der Waals surface area contributed by atoms with Gasteiger partial charge in [0.05, 0.1) is 13.2 Å². The lowest BCUT2D eigenvalue weighted by atomic mass is 10.1. The third-order valence-corrected chi connectivity index (χ3v) is 3.16. The standard InChI is InChI=1S/C10H18FNO/c1-8(2)12-6-10(3-4-10)7-13-5-9(12)11/h8-9H,3-7H2,1-2H3. The molecule has 1 unspecified atom stereocenters. The Kier molecular flexibility index (Phi) is 2.32. The van der Waals surface area contributed by atoms with E-state index in [1.54, 1.807) is 0 Å². The number of nitrogens with zero attached hydrogens (tertiary/aromatic N) is 1. The summed E-state index contributed by atoms with van der Waals surface area (Å²) >= 11 is 0. The molecule has 1 saturated carbocycles. The second-order valence-electron chi connectivity index (χ2n) is 4.72. The SMILES string of the molecule is CC(C)N1CC2(CC2)COCC1F. The number of hydrogen-bond acceptors (Lipinski definition) is 2. The van der Waals surface area contributed by atoms with E-state index in [9.17, 15) is 4.39 Å². The van der Waals surface area contributed by atoms with Crippen LogP contribution in [0.3, 0.4) is 0 Å². The Bertz CT molecular complexity index is 191. The molecule has 1 spiro atoms. The van der Waals surface area contributed by atoms with Gasteiger partial charge in [0.1, 0.15) is 0 Å². The molecule has 1 aliphatic heterocycles. The fraction of sp³-hybridized carbons (Fsp3) is 1.00. The van der Waals surface area contributed by atoms with Gasteiger partial charge in [-0.05, 0) is 26.7 Å². The van der Waals surface area contributed by atoms with Crippen molar-refractivity contribution in [2.45, 2.75) is 39.0 Å². The molecular weight excluding hydrogens is 169 g/mol. The third-order valence-electron chi connectivity index (χ3n) is 3.16. The minimum absolute atomic E-state index is 0.250. The van der Waals surface area contributed by atoms with Crippen LogP contribution in [-0.2, 0) is 4.74 Å². The van der Waals surface area contributed by atoms with Gasteiger partial charge in [-0.1, -0.05) is 0 Å². The van der Waals surface area contributed by atoms with Crippen LogP contribution in [0.4, 0.5) is 4.39 Å². The van der Waals surface area contributed by atoms with E-state index < -0.39 is 6.30 Å². The molecule has 2 nitrogen and oxygen atoms in total. The van der Waals surface area contributed by atoms with Crippen molar-refractivity contribution in [1.29, 1.82) is 0 Å².